The van der Waals surface area contributed by atoms with E-state index in [9.17, 15) is 17.6 Å². The smallest absolute Gasteiger partial charge is 0.258 e. The highest BCUT2D eigenvalue weighted by Gasteiger charge is 2.21. The molecule has 4 rings (SSSR count). The van der Waals surface area contributed by atoms with Gasteiger partial charge in [0.1, 0.15) is 5.82 Å². The lowest BCUT2D eigenvalue weighted by atomic mass is 10.1. The van der Waals surface area contributed by atoms with Gasteiger partial charge in [0, 0.05) is 12.2 Å². The fraction of sp³-hybridized carbons (Fsp3) is 0.136. The third kappa shape index (κ3) is 3.66. The van der Waals surface area contributed by atoms with Crippen LogP contribution in [0.1, 0.15) is 28.4 Å². The quantitative estimate of drug-likeness (QED) is 0.523. The lowest BCUT2D eigenvalue weighted by Gasteiger charge is -2.10. The Hall–Kier alpha value is -3.03. The van der Waals surface area contributed by atoms with Crippen LogP contribution in [0, 0.1) is 5.82 Å². The van der Waals surface area contributed by atoms with Crippen LogP contribution < -0.4 is 10.0 Å². The predicted molar refractivity (Wildman–Crippen MR) is 110 cm³/mol. The van der Waals surface area contributed by atoms with Crippen molar-refractivity contribution in [1.29, 1.82) is 0 Å². The number of carbonyl (C=O) groups excluding carboxylic acids is 1. The van der Waals surface area contributed by atoms with Gasteiger partial charge in [-0.15, -0.1) is 0 Å². The summed E-state index contributed by atoms with van der Waals surface area (Å²) in [5.41, 5.74) is 4.79. The molecule has 0 unspecified atom stereocenters. The van der Waals surface area contributed by atoms with Crippen LogP contribution in [0.2, 0.25) is 0 Å². The topological polar surface area (TPSA) is 75.3 Å². The molecular formula is C22H19FN2O3S. The number of fused-ring (bicyclic) bond motifs is 3. The van der Waals surface area contributed by atoms with Crippen LogP contribution in [0.3, 0.4) is 0 Å². The maximum absolute atomic E-state index is 14.2. The second-order valence-corrected chi connectivity index (χ2v) is 8.57. The van der Waals surface area contributed by atoms with Crippen LogP contribution in [0.4, 0.5) is 10.1 Å². The third-order valence-electron chi connectivity index (χ3n) is 4.88. The summed E-state index contributed by atoms with van der Waals surface area (Å²) < 4.78 is 40.8. The maximum atomic E-state index is 14.2. The van der Waals surface area contributed by atoms with E-state index in [0.717, 1.165) is 35.7 Å². The molecule has 1 aliphatic carbocycles. The zero-order chi connectivity index (χ0) is 20.6. The number of hydrogen-bond acceptors (Lipinski definition) is 3. The maximum Gasteiger partial charge on any atom is 0.258 e. The Kier molecular flexibility index (Phi) is 4.94. The fourth-order valence-electron chi connectivity index (χ4n) is 3.54. The van der Waals surface area contributed by atoms with Gasteiger partial charge < -0.3 is 5.32 Å². The van der Waals surface area contributed by atoms with Crippen molar-refractivity contribution in [1.82, 2.24) is 4.72 Å². The molecule has 3 aromatic carbocycles. The van der Waals surface area contributed by atoms with Gasteiger partial charge in [0.15, 0.2) is 0 Å². The number of sulfonamides is 1. The van der Waals surface area contributed by atoms with Crippen molar-refractivity contribution in [3.8, 4) is 11.1 Å². The molecule has 0 atom stereocenters. The summed E-state index contributed by atoms with van der Waals surface area (Å²) in [6.45, 7) is 1.83. The summed E-state index contributed by atoms with van der Waals surface area (Å²) in [5, 5.41) is 2.67. The van der Waals surface area contributed by atoms with Crippen LogP contribution >= 0.6 is 0 Å². The monoisotopic (exact) mass is 410 g/mol. The number of hydrogen-bond donors (Lipinski definition) is 2. The van der Waals surface area contributed by atoms with Crippen LogP contribution in [0.25, 0.3) is 11.1 Å². The second-order valence-electron chi connectivity index (χ2n) is 6.80. The first-order valence-electron chi connectivity index (χ1n) is 9.21. The molecule has 0 bridgehead atoms. The summed E-state index contributed by atoms with van der Waals surface area (Å²) in [5.74, 6) is -1.49. The summed E-state index contributed by atoms with van der Waals surface area (Å²) in [4.78, 5) is 12.5. The largest absolute Gasteiger partial charge is 0.322 e. The Bertz CT molecular complexity index is 1220. The Morgan fingerprint density at radius 2 is 1.76 bits per heavy atom. The first-order chi connectivity index (χ1) is 13.9. The zero-order valence-corrected chi connectivity index (χ0v) is 16.5. The summed E-state index contributed by atoms with van der Waals surface area (Å²) in [6, 6.07) is 16.8. The molecule has 148 valence electrons. The molecule has 0 saturated heterocycles. The van der Waals surface area contributed by atoms with Crippen molar-refractivity contribution >= 4 is 21.6 Å². The molecule has 0 radical (unpaired) electrons. The standard InChI is InChI=1S/C22H19FN2O3S/c1-2-24-29(27,28)17-8-10-21(23)20(13-17)22(26)25-16-7-9-19-15(12-16)11-14-5-3-4-6-18(14)19/h3-10,12-13,24H,2,11H2,1H3,(H,25,26). The number of halogens is 1. The fourth-order valence-corrected chi connectivity index (χ4v) is 4.61. The van der Waals surface area contributed by atoms with Gasteiger partial charge in [0.25, 0.3) is 5.91 Å². The average molecular weight is 410 g/mol. The molecular weight excluding hydrogens is 391 g/mol. The number of benzene rings is 3. The van der Waals surface area contributed by atoms with Crippen molar-refractivity contribution in [2.45, 2.75) is 18.2 Å². The average Bonchev–Trinajstić information content (AvgIpc) is 3.05. The van der Waals surface area contributed by atoms with E-state index in [2.05, 4.69) is 22.2 Å². The van der Waals surface area contributed by atoms with E-state index in [1.54, 1.807) is 13.0 Å². The number of rotatable bonds is 5. The van der Waals surface area contributed by atoms with Crippen LogP contribution in [0.5, 0.6) is 0 Å². The van der Waals surface area contributed by atoms with E-state index in [4.69, 9.17) is 0 Å². The minimum Gasteiger partial charge on any atom is -0.322 e. The predicted octanol–water partition coefficient (Wildman–Crippen LogP) is 3.95. The van der Waals surface area contributed by atoms with Gasteiger partial charge in [-0.05, 0) is 59.0 Å². The Labute approximate surface area is 168 Å². The van der Waals surface area contributed by atoms with Crippen molar-refractivity contribution in [2.24, 2.45) is 0 Å². The molecule has 29 heavy (non-hydrogen) atoms. The summed E-state index contributed by atoms with van der Waals surface area (Å²) >= 11 is 0. The third-order valence-corrected chi connectivity index (χ3v) is 6.42. The second kappa shape index (κ2) is 7.42. The first-order valence-corrected chi connectivity index (χ1v) is 10.7. The Morgan fingerprint density at radius 1 is 1.00 bits per heavy atom. The lowest BCUT2D eigenvalue weighted by molar-refractivity contribution is 0.102. The highest BCUT2D eigenvalue weighted by atomic mass is 32.2. The van der Waals surface area contributed by atoms with E-state index in [1.807, 2.05) is 24.3 Å². The molecule has 3 aromatic rings. The van der Waals surface area contributed by atoms with E-state index in [0.29, 0.717) is 5.69 Å². The van der Waals surface area contributed by atoms with Gasteiger partial charge in [-0.25, -0.2) is 17.5 Å². The molecule has 0 spiro atoms. The van der Waals surface area contributed by atoms with Gasteiger partial charge in [-0.1, -0.05) is 37.3 Å². The minimum atomic E-state index is -3.79. The SMILES string of the molecule is CCNS(=O)(=O)c1ccc(F)c(C(=O)Nc2ccc3c(c2)Cc2ccccc2-3)c1. The van der Waals surface area contributed by atoms with Gasteiger partial charge in [0.2, 0.25) is 10.0 Å². The van der Waals surface area contributed by atoms with Gasteiger partial charge >= 0.3 is 0 Å². The van der Waals surface area contributed by atoms with Crippen molar-refractivity contribution < 1.29 is 17.6 Å². The van der Waals surface area contributed by atoms with Crippen molar-refractivity contribution in [3.63, 3.8) is 0 Å². The zero-order valence-electron chi connectivity index (χ0n) is 15.7. The van der Waals surface area contributed by atoms with Crippen molar-refractivity contribution in [3.05, 3.63) is 83.2 Å². The normalized spacial score (nSPS) is 12.3. The number of carbonyl (C=O) groups is 1. The molecule has 0 fully saturated rings. The molecule has 5 nitrogen and oxygen atoms in total. The van der Waals surface area contributed by atoms with E-state index < -0.39 is 21.7 Å². The Morgan fingerprint density at radius 3 is 2.55 bits per heavy atom. The highest BCUT2D eigenvalue weighted by Crippen LogP contribution is 2.37. The molecule has 7 heteroatoms. The van der Waals surface area contributed by atoms with Crippen molar-refractivity contribution in [2.75, 3.05) is 11.9 Å². The van der Waals surface area contributed by atoms with E-state index >= 15 is 0 Å². The van der Waals surface area contributed by atoms with Gasteiger partial charge in [0.05, 0.1) is 10.5 Å². The van der Waals surface area contributed by atoms with Crippen LogP contribution in [-0.2, 0) is 16.4 Å². The van der Waals surface area contributed by atoms with E-state index in [1.165, 1.54) is 11.1 Å². The minimum absolute atomic E-state index is 0.157. The molecule has 0 heterocycles. The Balaban J connectivity index is 1.60. The highest BCUT2D eigenvalue weighted by molar-refractivity contribution is 7.89. The number of amides is 1. The van der Waals surface area contributed by atoms with Gasteiger partial charge in [-0.2, -0.15) is 0 Å². The summed E-state index contributed by atoms with van der Waals surface area (Å²) in [6.07, 6.45) is 0.764. The molecule has 1 aliphatic rings. The lowest BCUT2D eigenvalue weighted by Crippen LogP contribution is -2.24. The molecule has 0 aliphatic heterocycles. The number of anilines is 1. The first kappa shape index (κ1) is 19.3. The van der Waals surface area contributed by atoms with Crippen LogP contribution in [0.15, 0.2) is 65.6 Å². The molecule has 1 amide bonds. The number of nitrogens with one attached hydrogen (secondary N) is 2. The van der Waals surface area contributed by atoms with E-state index in [-0.39, 0.29) is 17.0 Å². The molecule has 0 saturated carbocycles. The summed E-state index contributed by atoms with van der Waals surface area (Å²) in [7, 11) is -3.79. The van der Waals surface area contributed by atoms with Gasteiger partial charge in [-0.3, -0.25) is 4.79 Å². The molecule has 0 aromatic heterocycles. The molecule has 2 N–H and O–H groups in total. The van der Waals surface area contributed by atoms with Crippen LogP contribution in [-0.4, -0.2) is 20.9 Å².